The number of aliphatic hydroxyl groups excluding tert-OH is 1. The Morgan fingerprint density at radius 3 is 2.47 bits per heavy atom. The normalized spacial score (nSPS) is 22.8. The summed E-state index contributed by atoms with van der Waals surface area (Å²) >= 11 is 0. The molecule has 1 aliphatic rings. The van der Waals surface area contributed by atoms with E-state index in [1.54, 1.807) is 0 Å². The van der Waals surface area contributed by atoms with Crippen molar-refractivity contribution < 1.29 is 24.5 Å². The first-order valence-electron chi connectivity index (χ1n) is 6.47. The highest BCUT2D eigenvalue weighted by molar-refractivity contribution is 5.80. The van der Waals surface area contributed by atoms with Crippen LogP contribution < -0.4 is 5.32 Å². The number of carbonyl (C=O) groups excluding carboxylic acids is 1. The molecule has 2 amide bonds. The number of hydrogen-bond acceptors (Lipinski definition) is 4. The van der Waals surface area contributed by atoms with E-state index in [-0.39, 0.29) is 31.3 Å². The number of methoxy groups -OCH3 is 1. The zero-order valence-electron chi connectivity index (χ0n) is 11.2. The van der Waals surface area contributed by atoms with Crippen molar-refractivity contribution in [2.75, 3.05) is 26.8 Å². The van der Waals surface area contributed by atoms with Gasteiger partial charge < -0.3 is 25.2 Å². The monoisotopic (exact) mass is 274 g/mol. The molecule has 1 fully saturated rings. The summed E-state index contributed by atoms with van der Waals surface area (Å²) in [6, 6.07) is -0.379. The fourth-order valence-electron chi connectivity index (χ4n) is 2.10. The van der Waals surface area contributed by atoms with Gasteiger partial charge in [0.05, 0.1) is 12.7 Å². The van der Waals surface area contributed by atoms with Crippen LogP contribution in [0, 0.1) is 0 Å². The first-order valence-corrected chi connectivity index (χ1v) is 6.47. The molecular formula is C12H22N2O5. The van der Waals surface area contributed by atoms with E-state index in [4.69, 9.17) is 9.84 Å². The van der Waals surface area contributed by atoms with E-state index in [1.165, 1.54) is 12.0 Å². The van der Waals surface area contributed by atoms with Crippen LogP contribution in [0.5, 0.6) is 0 Å². The number of rotatable bonds is 6. The molecule has 0 heterocycles. The maximum Gasteiger partial charge on any atom is 0.323 e. The van der Waals surface area contributed by atoms with Gasteiger partial charge in [-0.15, -0.1) is 0 Å². The van der Waals surface area contributed by atoms with Crippen molar-refractivity contribution in [3.05, 3.63) is 0 Å². The molecule has 0 spiro atoms. The van der Waals surface area contributed by atoms with Crippen LogP contribution in [-0.2, 0) is 9.53 Å². The van der Waals surface area contributed by atoms with E-state index >= 15 is 0 Å². The number of carboxylic acids is 1. The van der Waals surface area contributed by atoms with Gasteiger partial charge in [0.15, 0.2) is 0 Å². The second kappa shape index (κ2) is 7.96. The molecule has 0 aromatic carbocycles. The molecule has 0 saturated heterocycles. The molecule has 1 rings (SSSR count). The van der Waals surface area contributed by atoms with E-state index in [0.717, 1.165) is 12.8 Å². The second-order valence-corrected chi connectivity index (χ2v) is 4.76. The average molecular weight is 274 g/mol. The molecule has 0 aromatic rings. The highest BCUT2D eigenvalue weighted by Gasteiger charge is 2.23. The molecule has 1 saturated carbocycles. The molecule has 1 aliphatic carbocycles. The zero-order chi connectivity index (χ0) is 14.3. The van der Waals surface area contributed by atoms with E-state index < -0.39 is 5.97 Å². The van der Waals surface area contributed by atoms with Crippen molar-refractivity contribution in [1.29, 1.82) is 0 Å². The number of nitrogens with zero attached hydrogens (tertiary/aromatic N) is 1. The fourth-order valence-corrected chi connectivity index (χ4v) is 2.10. The molecule has 7 heteroatoms. The molecule has 0 aromatic heterocycles. The van der Waals surface area contributed by atoms with Gasteiger partial charge in [-0.1, -0.05) is 0 Å². The lowest BCUT2D eigenvalue weighted by molar-refractivity contribution is -0.137. The van der Waals surface area contributed by atoms with Gasteiger partial charge in [-0.2, -0.15) is 0 Å². The zero-order valence-corrected chi connectivity index (χ0v) is 11.2. The van der Waals surface area contributed by atoms with Crippen LogP contribution in [0.4, 0.5) is 4.79 Å². The topological polar surface area (TPSA) is 99.1 Å². The number of urea groups is 1. The van der Waals surface area contributed by atoms with Crippen molar-refractivity contribution in [2.24, 2.45) is 0 Å². The first-order chi connectivity index (χ1) is 9.02. The van der Waals surface area contributed by atoms with E-state index in [2.05, 4.69) is 5.32 Å². The number of nitrogens with one attached hydrogen (secondary N) is 1. The number of ether oxygens (including phenoxy) is 1. The van der Waals surface area contributed by atoms with Gasteiger partial charge in [-0.3, -0.25) is 4.79 Å². The summed E-state index contributed by atoms with van der Waals surface area (Å²) in [4.78, 5) is 23.9. The number of carbonyl (C=O) groups is 2. The summed E-state index contributed by atoms with van der Waals surface area (Å²) in [5, 5.41) is 21.0. The van der Waals surface area contributed by atoms with Crippen LogP contribution in [0.15, 0.2) is 0 Å². The molecule has 19 heavy (non-hydrogen) atoms. The van der Waals surface area contributed by atoms with Gasteiger partial charge >= 0.3 is 12.0 Å². The third kappa shape index (κ3) is 5.89. The second-order valence-electron chi connectivity index (χ2n) is 4.76. The quantitative estimate of drug-likeness (QED) is 0.635. The van der Waals surface area contributed by atoms with Crippen LogP contribution in [0.3, 0.4) is 0 Å². The lowest BCUT2D eigenvalue weighted by Gasteiger charge is -2.29. The Morgan fingerprint density at radius 2 is 1.95 bits per heavy atom. The van der Waals surface area contributed by atoms with E-state index in [0.29, 0.717) is 19.4 Å². The smallest absolute Gasteiger partial charge is 0.323 e. The molecule has 0 radical (unpaired) electrons. The lowest BCUT2D eigenvalue weighted by Crippen LogP contribution is -2.48. The standard InChI is InChI=1S/C12H22N2O5/c1-19-7-6-14(8-11(16)17)12(18)13-9-2-4-10(15)5-3-9/h9-10,15H,2-8H2,1H3,(H,13,18)(H,16,17). The minimum absolute atomic E-state index is 0.00902. The summed E-state index contributed by atoms with van der Waals surface area (Å²) in [6.07, 6.45) is 2.50. The predicted molar refractivity (Wildman–Crippen MR) is 67.9 cm³/mol. The van der Waals surface area contributed by atoms with Crippen molar-refractivity contribution >= 4 is 12.0 Å². The Bertz CT molecular complexity index is 302. The summed E-state index contributed by atoms with van der Waals surface area (Å²) in [5.41, 5.74) is 0. The fraction of sp³-hybridized carbons (Fsp3) is 0.833. The number of amides is 2. The molecule has 0 unspecified atom stereocenters. The Labute approximate surface area is 112 Å². The Hall–Kier alpha value is -1.34. The molecule has 0 aliphatic heterocycles. The summed E-state index contributed by atoms with van der Waals surface area (Å²) in [7, 11) is 1.50. The van der Waals surface area contributed by atoms with Crippen LogP contribution in [0.1, 0.15) is 25.7 Å². The van der Waals surface area contributed by atoms with E-state index in [1.807, 2.05) is 0 Å². The highest BCUT2D eigenvalue weighted by Crippen LogP contribution is 2.18. The summed E-state index contributed by atoms with van der Waals surface area (Å²) < 4.78 is 4.86. The predicted octanol–water partition coefficient (Wildman–Crippen LogP) is 0.0325. The molecule has 110 valence electrons. The number of aliphatic carboxylic acids is 1. The van der Waals surface area contributed by atoms with Crippen molar-refractivity contribution in [1.82, 2.24) is 10.2 Å². The Morgan fingerprint density at radius 1 is 1.32 bits per heavy atom. The number of aliphatic hydroxyl groups is 1. The molecule has 7 nitrogen and oxygen atoms in total. The number of hydrogen-bond donors (Lipinski definition) is 3. The lowest BCUT2D eigenvalue weighted by atomic mass is 9.93. The SMILES string of the molecule is COCCN(CC(=O)O)C(=O)NC1CCC(O)CC1. The van der Waals surface area contributed by atoms with Crippen LogP contribution in [0.25, 0.3) is 0 Å². The first kappa shape index (κ1) is 15.7. The third-order valence-electron chi connectivity index (χ3n) is 3.20. The van der Waals surface area contributed by atoms with E-state index in [9.17, 15) is 14.7 Å². The maximum atomic E-state index is 12.0. The van der Waals surface area contributed by atoms with Gasteiger partial charge in [-0.25, -0.2) is 4.79 Å². The van der Waals surface area contributed by atoms with Gasteiger partial charge in [0.25, 0.3) is 0 Å². The highest BCUT2D eigenvalue weighted by atomic mass is 16.5. The minimum Gasteiger partial charge on any atom is -0.480 e. The van der Waals surface area contributed by atoms with Gasteiger partial charge in [-0.05, 0) is 25.7 Å². The van der Waals surface area contributed by atoms with Crippen molar-refractivity contribution in [3.8, 4) is 0 Å². The van der Waals surface area contributed by atoms with Crippen molar-refractivity contribution in [2.45, 2.75) is 37.8 Å². The third-order valence-corrected chi connectivity index (χ3v) is 3.20. The largest absolute Gasteiger partial charge is 0.480 e. The van der Waals surface area contributed by atoms with Crippen LogP contribution >= 0.6 is 0 Å². The molecule has 3 N–H and O–H groups in total. The summed E-state index contributed by atoms with van der Waals surface area (Å²) in [5.74, 6) is -1.05. The minimum atomic E-state index is -1.05. The Balaban J connectivity index is 2.43. The average Bonchev–Trinajstić information content (AvgIpc) is 2.36. The van der Waals surface area contributed by atoms with Crippen LogP contribution in [-0.4, -0.2) is 66.1 Å². The van der Waals surface area contributed by atoms with Gasteiger partial charge in [0, 0.05) is 19.7 Å². The molecule has 0 atom stereocenters. The summed E-state index contributed by atoms with van der Waals surface area (Å²) in [6.45, 7) is 0.193. The van der Waals surface area contributed by atoms with Crippen molar-refractivity contribution in [3.63, 3.8) is 0 Å². The maximum absolute atomic E-state index is 12.0. The number of carboxylic acid groups (broad SMARTS) is 1. The van der Waals surface area contributed by atoms with Crippen LogP contribution in [0.2, 0.25) is 0 Å². The molecular weight excluding hydrogens is 252 g/mol. The van der Waals surface area contributed by atoms with Gasteiger partial charge in [0.1, 0.15) is 6.54 Å². The Kier molecular flexibility index (Phi) is 6.58. The molecule has 0 bridgehead atoms. The van der Waals surface area contributed by atoms with Gasteiger partial charge in [0.2, 0.25) is 0 Å².